The van der Waals surface area contributed by atoms with Crippen molar-refractivity contribution in [3.8, 4) is 0 Å². The first-order chi connectivity index (χ1) is 6.55. The Labute approximate surface area is 79.8 Å². The first-order valence-corrected chi connectivity index (χ1v) is 3.91. The molecule has 0 aliphatic rings. The lowest BCUT2D eigenvalue weighted by Gasteiger charge is -2.09. The van der Waals surface area contributed by atoms with Gasteiger partial charge in [0.1, 0.15) is 0 Å². The van der Waals surface area contributed by atoms with Crippen molar-refractivity contribution in [1.29, 1.82) is 0 Å². The van der Waals surface area contributed by atoms with Gasteiger partial charge < -0.3 is 4.74 Å². The highest BCUT2D eigenvalue weighted by molar-refractivity contribution is 5.53. The van der Waals surface area contributed by atoms with E-state index in [1.165, 1.54) is 31.6 Å². The van der Waals surface area contributed by atoms with E-state index in [1.54, 1.807) is 6.07 Å². The molecule has 76 valence electrons. The van der Waals surface area contributed by atoms with Gasteiger partial charge in [-0.1, -0.05) is 18.2 Å². The minimum atomic E-state index is -4.32. The molecule has 1 aromatic rings. The van der Waals surface area contributed by atoms with Gasteiger partial charge in [-0.05, 0) is 17.7 Å². The summed E-state index contributed by atoms with van der Waals surface area (Å²) in [7, 11) is 1.38. The minimum absolute atomic E-state index is 0.0989. The van der Waals surface area contributed by atoms with Crippen LogP contribution in [-0.2, 0) is 10.9 Å². The molecule has 0 atom stereocenters. The summed E-state index contributed by atoms with van der Waals surface area (Å²) in [6, 6.07) is 5.32. The lowest BCUT2D eigenvalue weighted by atomic mass is 10.1. The van der Waals surface area contributed by atoms with Crippen LogP contribution in [0.25, 0.3) is 6.08 Å². The molecule has 0 spiro atoms. The number of ether oxygens (including phenoxy) is 1. The van der Waals surface area contributed by atoms with Crippen molar-refractivity contribution in [2.45, 2.75) is 6.18 Å². The highest BCUT2D eigenvalue weighted by Gasteiger charge is 2.32. The van der Waals surface area contributed by atoms with Crippen molar-refractivity contribution in [2.24, 2.45) is 0 Å². The summed E-state index contributed by atoms with van der Waals surface area (Å²) in [5, 5.41) is 0. The minimum Gasteiger partial charge on any atom is -0.504 e. The van der Waals surface area contributed by atoms with E-state index in [4.69, 9.17) is 0 Å². The second-order valence-corrected chi connectivity index (χ2v) is 2.62. The molecular weight excluding hydrogens is 193 g/mol. The fourth-order valence-corrected chi connectivity index (χ4v) is 1.04. The van der Waals surface area contributed by atoms with Gasteiger partial charge in [-0.3, -0.25) is 0 Å². The number of hydrogen-bond donors (Lipinski definition) is 0. The molecule has 14 heavy (non-hydrogen) atoms. The van der Waals surface area contributed by atoms with Crippen molar-refractivity contribution < 1.29 is 17.9 Å². The fraction of sp³-hybridized carbons (Fsp3) is 0.200. The number of rotatable bonds is 2. The largest absolute Gasteiger partial charge is 0.504 e. The van der Waals surface area contributed by atoms with Crippen LogP contribution in [0.15, 0.2) is 30.5 Å². The van der Waals surface area contributed by atoms with E-state index in [0.717, 1.165) is 6.07 Å². The van der Waals surface area contributed by atoms with E-state index >= 15 is 0 Å². The van der Waals surface area contributed by atoms with Gasteiger partial charge >= 0.3 is 6.18 Å². The summed E-state index contributed by atoms with van der Waals surface area (Å²) >= 11 is 0. The average molecular weight is 202 g/mol. The standard InChI is InChI=1S/C10H9F3O/c1-14-7-6-8-4-2-3-5-9(8)10(11,12)13/h2-7H,1H3/b7-6+. The van der Waals surface area contributed by atoms with Crippen LogP contribution in [0, 0.1) is 0 Å². The number of benzene rings is 1. The Morgan fingerprint density at radius 3 is 2.43 bits per heavy atom. The smallest absolute Gasteiger partial charge is 0.416 e. The van der Waals surface area contributed by atoms with Crippen LogP contribution >= 0.6 is 0 Å². The van der Waals surface area contributed by atoms with Gasteiger partial charge in [0, 0.05) is 0 Å². The van der Waals surface area contributed by atoms with E-state index in [0.29, 0.717) is 0 Å². The molecule has 0 aliphatic carbocycles. The molecule has 0 unspecified atom stereocenters. The van der Waals surface area contributed by atoms with Gasteiger partial charge in [0.15, 0.2) is 0 Å². The number of hydrogen-bond acceptors (Lipinski definition) is 1. The Balaban J connectivity index is 3.10. The van der Waals surface area contributed by atoms with Gasteiger partial charge in [-0.25, -0.2) is 0 Å². The van der Waals surface area contributed by atoms with E-state index in [1.807, 2.05) is 0 Å². The quantitative estimate of drug-likeness (QED) is 0.668. The van der Waals surface area contributed by atoms with Crippen LogP contribution in [0.5, 0.6) is 0 Å². The van der Waals surface area contributed by atoms with Crippen molar-refractivity contribution in [1.82, 2.24) is 0 Å². The Morgan fingerprint density at radius 1 is 1.21 bits per heavy atom. The van der Waals surface area contributed by atoms with Crippen LogP contribution in [0.1, 0.15) is 11.1 Å². The summed E-state index contributed by atoms with van der Waals surface area (Å²) in [5.41, 5.74) is -0.560. The Morgan fingerprint density at radius 2 is 1.86 bits per heavy atom. The van der Waals surface area contributed by atoms with Crippen LogP contribution in [0.3, 0.4) is 0 Å². The molecule has 0 aliphatic heterocycles. The third kappa shape index (κ3) is 2.52. The first kappa shape index (κ1) is 10.6. The van der Waals surface area contributed by atoms with Gasteiger partial charge in [0.05, 0.1) is 18.9 Å². The molecular formula is C10H9F3O. The molecule has 0 aromatic heterocycles. The maximum Gasteiger partial charge on any atom is 0.416 e. The summed E-state index contributed by atoms with van der Waals surface area (Å²) in [4.78, 5) is 0. The third-order valence-electron chi connectivity index (χ3n) is 1.65. The molecule has 1 aromatic carbocycles. The lowest BCUT2D eigenvalue weighted by molar-refractivity contribution is -0.137. The maximum atomic E-state index is 12.4. The van der Waals surface area contributed by atoms with Crippen molar-refractivity contribution >= 4 is 6.08 Å². The highest BCUT2D eigenvalue weighted by atomic mass is 19.4. The molecule has 0 saturated heterocycles. The summed E-state index contributed by atoms with van der Waals surface area (Å²) < 4.78 is 41.8. The zero-order valence-corrected chi connectivity index (χ0v) is 7.51. The van der Waals surface area contributed by atoms with Crippen LogP contribution < -0.4 is 0 Å². The molecule has 0 fully saturated rings. The fourth-order valence-electron chi connectivity index (χ4n) is 1.04. The molecule has 0 N–H and O–H groups in total. The number of methoxy groups -OCH3 is 1. The summed E-state index contributed by atoms with van der Waals surface area (Å²) in [6.07, 6.45) is -1.83. The van der Waals surface area contributed by atoms with Crippen LogP contribution in [0.2, 0.25) is 0 Å². The Bertz CT molecular complexity index is 328. The molecule has 0 saturated carbocycles. The monoisotopic (exact) mass is 202 g/mol. The SMILES string of the molecule is CO/C=C/c1ccccc1C(F)(F)F. The van der Waals surface area contributed by atoms with Gasteiger partial charge in [-0.15, -0.1) is 0 Å². The summed E-state index contributed by atoms with van der Waals surface area (Å²) in [5.74, 6) is 0. The topological polar surface area (TPSA) is 9.23 Å². The molecule has 0 radical (unpaired) electrons. The zero-order chi connectivity index (χ0) is 10.6. The third-order valence-corrected chi connectivity index (χ3v) is 1.65. The second kappa shape index (κ2) is 4.17. The van der Waals surface area contributed by atoms with E-state index in [2.05, 4.69) is 4.74 Å². The van der Waals surface area contributed by atoms with Crippen LogP contribution in [-0.4, -0.2) is 7.11 Å². The van der Waals surface area contributed by atoms with Crippen molar-refractivity contribution in [3.63, 3.8) is 0 Å². The van der Waals surface area contributed by atoms with Gasteiger partial charge in [0.2, 0.25) is 0 Å². The maximum absolute atomic E-state index is 12.4. The van der Waals surface area contributed by atoms with Crippen molar-refractivity contribution in [3.05, 3.63) is 41.7 Å². The summed E-state index contributed by atoms with van der Waals surface area (Å²) in [6.45, 7) is 0. The molecule has 1 rings (SSSR count). The number of alkyl halides is 3. The Kier molecular flexibility index (Phi) is 3.17. The van der Waals surface area contributed by atoms with Gasteiger partial charge in [0.25, 0.3) is 0 Å². The predicted molar refractivity (Wildman–Crippen MR) is 47.5 cm³/mol. The van der Waals surface area contributed by atoms with Crippen molar-refractivity contribution in [2.75, 3.05) is 7.11 Å². The number of halogens is 3. The van der Waals surface area contributed by atoms with E-state index in [-0.39, 0.29) is 5.56 Å². The van der Waals surface area contributed by atoms with Gasteiger partial charge in [-0.2, -0.15) is 13.2 Å². The van der Waals surface area contributed by atoms with E-state index < -0.39 is 11.7 Å². The second-order valence-electron chi connectivity index (χ2n) is 2.62. The Hall–Kier alpha value is -1.45. The molecule has 0 heterocycles. The predicted octanol–water partition coefficient (Wildman–Crippen LogP) is 3.32. The molecule has 4 heteroatoms. The normalized spacial score (nSPS) is 12.0. The molecule has 0 amide bonds. The zero-order valence-electron chi connectivity index (χ0n) is 7.51. The van der Waals surface area contributed by atoms with Crippen LogP contribution in [0.4, 0.5) is 13.2 Å². The van der Waals surface area contributed by atoms with E-state index in [9.17, 15) is 13.2 Å². The average Bonchev–Trinajstić information content (AvgIpc) is 2.14. The lowest BCUT2D eigenvalue weighted by Crippen LogP contribution is -2.06. The highest BCUT2D eigenvalue weighted by Crippen LogP contribution is 2.32. The molecule has 0 bridgehead atoms. The molecule has 1 nitrogen and oxygen atoms in total. The first-order valence-electron chi connectivity index (χ1n) is 3.91.